The van der Waals surface area contributed by atoms with Crippen molar-refractivity contribution in [2.45, 2.75) is 29.2 Å². The second-order valence-corrected chi connectivity index (χ2v) is 7.80. The van der Waals surface area contributed by atoms with Crippen LogP contribution in [0.2, 0.25) is 0 Å². The highest BCUT2D eigenvalue weighted by atomic mass is 32.2. The van der Waals surface area contributed by atoms with Crippen molar-refractivity contribution < 1.29 is 31.1 Å². The van der Waals surface area contributed by atoms with Crippen LogP contribution in [0.5, 0.6) is 10.9 Å². The van der Waals surface area contributed by atoms with E-state index in [0.717, 1.165) is 35.5 Å². The van der Waals surface area contributed by atoms with Crippen LogP contribution < -0.4 is 4.74 Å². The molecule has 0 saturated carbocycles. The lowest BCUT2D eigenvalue weighted by Gasteiger charge is -2.09. The van der Waals surface area contributed by atoms with E-state index >= 15 is 0 Å². The highest BCUT2D eigenvalue weighted by molar-refractivity contribution is 7.99. The number of thiophene rings is 1. The Labute approximate surface area is 164 Å². The molecular weight excluding hydrogens is 424 g/mol. The number of benzene rings is 1. The monoisotopic (exact) mass is 435 g/mol. The predicted octanol–water partition coefficient (Wildman–Crippen LogP) is 7.43. The zero-order chi connectivity index (χ0) is 20.5. The molecule has 28 heavy (non-hydrogen) atoms. The molecule has 0 aliphatic rings. The Bertz CT molecular complexity index is 963. The molecule has 0 radical (unpaired) electrons. The minimum atomic E-state index is -4.45. The third-order valence-electron chi connectivity index (χ3n) is 3.39. The number of hydrogen-bond donors (Lipinski definition) is 0. The normalized spacial score (nSPS) is 12.2. The van der Waals surface area contributed by atoms with Gasteiger partial charge in [-0.05, 0) is 55.0 Å². The van der Waals surface area contributed by atoms with Gasteiger partial charge in [-0.1, -0.05) is 23.1 Å². The Morgan fingerprint density at radius 3 is 2.14 bits per heavy atom. The van der Waals surface area contributed by atoms with Crippen LogP contribution in [0.15, 0.2) is 58.5 Å². The number of alkyl halides is 6. The van der Waals surface area contributed by atoms with Gasteiger partial charge < -0.3 is 4.74 Å². The second-order valence-electron chi connectivity index (χ2n) is 5.66. The molecule has 3 aromatic rings. The Hall–Kier alpha value is -2.20. The van der Waals surface area contributed by atoms with Gasteiger partial charge in [-0.3, -0.25) is 0 Å². The van der Waals surface area contributed by atoms with E-state index in [4.69, 9.17) is 4.74 Å². The lowest BCUT2D eigenvalue weighted by atomic mass is 10.2. The molecule has 0 bridgehead atoms. The summed E-state index contributed by atoms with van der Waals surface area (Å²) in [6.45, 7) is 1.75. The molecule has 0 saturated heterocycles. The third kappa shape index (κ3) is 5.20. The van der Waals surface area contributed by atoms with E-state index in [-0.39, 0.29) is 10.9 Å². The van der Waals surface area contributed by atoms with Crippen molar-refractivity contribution in [1.29, 1.82) is 0 Å². The van der Waals surface area contributed by atoms with Crippen molar-refractivity contribution in [2.24, 2.45) is 0 Å². The molecule has 0 unspecified atom stereocenters. The van der Waals surface area contributed by atoms with E-state index in [1.807, 2.05) is 0 Å². The van der Waals surface area contributed by atoms with Gasteiger partial charge in [0.2, 0.25) is 5.88 Å². The summed E-state index contributed by atoms with van der Waals surface area (Å²) >= 11 is 1.57. The highest BCUT2D eigenvalue weighted by Gasteiger charge is 2.33. The minimum Gasteiger partial charge on any atom is -0.428 e. The molecule has 3 rings (SSSR count). The quantitative estimate of drug-likeness (QED) is 0.398. The van der Waals surface area contributed by atoms with Gasteiger partial charge in [0, 0.05) is 11.0 Å². The van der Waals surface area contributed by atoms with Gasteiger partial charge >= 0.3 is 12.4 Å². The average molecular weight is 435 g/mol. The summed E-state index contributed by atoms with van der Waals surface area (Å²) in [4.78, 5) is 3.96. The minimum absolute atomic E-state index is 0.0379. The topological polar surface area (TPSA) is 22.1 Å². The fraction of sp³-hybridized carbons (Fsp3) is 0.167. The first-order valence-corrected chi connectivity index (χ1v) is 9.33. The number of nitrogens with zero attached hydrogens (tertiary/aromatic N) is 1. The van der Waals surface area contributed by atoms with Crippen molar-refractivity contribution in [3.63, 3.8) is 0 Å². The van der Waals surface area contributed by atoms with E-state index in [1.165, 1.54) is 18.2 Å². The van der Waals surface area contributed by atoms with Gasteiger partial charge in [-0.25, -0.2) is 4.98 Å². The van der Waals surface area contributed by atoms with Crippen LogP contribution in [0, 0.1) is 6.92 Å². The Balaban J connectivity index is 1.77. The van der Waals surface area contributed by atoms with Crippen molar-refractivity contribution in [2.75, 3.05) is 0 Å². The largest absolute Gasteiger partial charge is 0.428 e. The molecule has 0 atom stereocenters. The number of aromatic nitrogens is 1. The lowest BCUT2D eigenvalue weighted by Crippen LogP contribution is -2.03. The zero-order valence-corrected chi connectivity index (χ0v) is 15.7. The van der Waals surface area contributed by atoms with Crippen LogP contribution in [0.3, 0.4) is 0 Å². The summed E-state index contributed by atoms with van der Waals surface area (Å²) < 4.78 is 81.3. The van der Waals surface area contributed by atoms with Crippen LogP contribution in [-0.4, -0.2) is 4.98 Å². The fourth-order valence-electron chi connectivity index (χ4n) is 2.17. The molecule has 2 aromatic heterocycles. The molecule has 1 aromatic carbocycles. The summed E-state index contributed by atoms with van der Waals surface area (Å²) in [7, 11) is 0. The van der Waals surface area contributed by atoms with Gasteiger partial charge in [-0.15, -0.1) is 0 Å². The third-order valence-corrected chi connectivity index (χ3v) is 5.33. The molecule has 0 aliphatic carbocycles. The molecule has 0 aliphatic heterocycles. The molecule has 2 nitrogen and oxygen atoms in total. The first kappa shape index (κ1) is 20.5. The van der Waals surface area contributed by atoms with Crippen molar-refractivity contribution >= 4 is 23.1 Å². The summed E-state index contributed by atoms with van der Waals surface area (Å²) in [6, 6.07) is 9.99. The predicted molar refractivity (Wildman–Crippen MR) is 93.9 cm³/mol. The summed E-state index contributed by atoms with van der Waals surface area (Å²) in [6.07, 6.45) is -8.86. The second kappa shape index (κ2) is 7.67. The fourth-order valence-corrected chi connectivity index (χ4v) is 3.80. The summed E-state index contributed by atoms with van der Waals surface area (Å²) in [5, 5.41) is 0.485. The van der Waals surface area contributed by atoms with Crippen LogP contribution >= 0.6 is 23.1 Å². The molecule has 2 heterocycles. The van der Waals surface area contributed by atoms with E-state index < -0.39 is 22.8 Å². The van der Waals surface area contributed by atoms with Crippen molar-refractivity contribution in [3.8, 4) is 10.9 Å². The first-order valence-electron chi connectivity index (χ1n) is 7.69. The number of halogens is 6. The maximum Gasteiger partial charge on any atom is 0.425 e. The lowest BCUT2D eigenvalue weighted by molar-refractivity contribution is -0.137. The maximum atomic E-state index is 12.7. The Morgan fingerprint density at radius 1 is 0.893 bits per heavy atom. The smallest absolute Gasteiger partial charge is 0.425 e. The Kier molecular flexibility index (Phi) is 5.62. The van der Waals surface area contributed by atoms with E-state index in [1.54, 1.807) is 19.1 Å². The van der Waals surface area contributed by atoms with Crippen molar-refractivity contribution in [3.05, 3.63) is 64.5 Å². The van der Waals surface area contributed by atoms with Gasteiger partial charge in [-0.2, -0.15) is 26.3 Å². The zero-order valence-electron chi connectivity index (χ0n) is 14.1. The van der Waals surface area contributed by atoms with Crippen LogP contribution in [-0.2, 0) is 12.4 Å². The maximum absolute atomic E-state index is 12.7. The number of ether oxygens (including phenoxy) is 1. The highest BCUT2D eigenvalue weighted by Crippen LogP contribution is 2.39. The molecule has 0 fully saturated rings. The number of pyridine rings is 1. The van der Waals surface area contributed by atoms with E-state index in [9.17, 15) is 26.3 Å². The SMILES string of the molecule is Cc1cc(Oc2ccc(C(F)(F)F)s2)nc(Sc2ccc(C(F)(F)F)cc2)c1. The van der Waals surface area contributed by atoms with E-state index in [0.29, 0.717) is 21.3 Å². The molecule has 10 heteroatoms. The number of aryl methyl sites for hydroxylation is 1. The van der Waals surface area contributed by atoms with Crippen molar-refractivity contribution in [1.82, 2.24) is 4.98 Å². The first-order chi connectivity index (χ1) is 13.0. The molecule has 148 valence electrons. The average Bonchev–Trinajstić information content (AvgIpc) is 3.02. The summed E-state index contributed by atoms with van der Waals surface area (Å²) in [5.41, 5.74) is -0.0109. The number of rotatable bonds is 4. The standard InChI is InChI=1S/C18H11F6NOS2/c1-10-8-14(26-16-7-6-13(28-16)18(22,23)24)25-15(9-10)27-12-4-2-11(3-5-12)17(19,20)21/h2-9H,1H3. The molecule has 0 amide bonds. The van der Waals surface area contributed by atoms with Gasteiger partial charge in [0.1, 0.15) is 9.90 Å². The summed E-state index contributed by atoms with van der Waals surface area (Å²) in [5.74, 6) is 0.102. The molecular formula is C18H11F6NOS2. The van der Waals surface area contributed by atoms with E-state index in [2.05, 4.69) is 4.98 Å². The molecule has 0 N–H and O–H groups in total. The van der Waals surface area contributed by atoms with Gasteiger partial charge in [0.15, 0.2) is 5.06 Å². The Morgan fingerprint density at radius 2 is 1.57 bits per heavy atom. The van der Waals surface area contributed by atoms with Crippen LogP contribution in [0.1, 0.15) is 16.0 Å². The molecule has 0 spiro atoms. The van der Waals surface area contributed by atoms with Crippen LogP contribution in [0.4, 0.5) is 26.3 Å². The van der Waals surface area contributed by atoms with Crippen LogP contribution in [0.25, 0.3) is 0 Å². The number of hydrogen-bond acceptors (Lipinski definition) is 4. The van der Waals surface area contributed by atoms with Gasteiger partial charge in [0.05, 0.1) is 5.56 Å². The van der Waals surface area contributed by atoms with Gasteiger partial charge in [0.25, 0.3) is 0 Å².